The highest BCUT2D eigenvalue weighted by Crippen LogP contribution is 2.35. The third-order valence-corrected chi connectivity index (χ3v) is 5.01. The number of primary sulfonamides is 1. The predicted molar refractivity (Wildman–Crippen MR) is 105 cm³/mol. The summed E-state index contributed by atoms with van der Waals surface area (Å²) in [6.07, 6.45) is 0. The molecule has 0 spiro atoms. The van der Waals surface area contributed by atoms with E-state index in [9.17, 15) is 8.42 Å². The van der Waals surface area contributed by atoms with Crippen LogP contribution in [0.2, 0.25) is 0 Å². The molecule has 0 radical (unpaired) electrons. The fourth-order valence-corrected chi connectivity index (χ4v) is 3.26. The highest BCUT2D eigenvalue weighted by molar-refractivity contribution is 7.89. The maximum atomic E-state index is 11.5. The zero-order chi connectivity index (χ0) is 20.0. The summed E-state index contributed by atoms with van der Waals surface area (Å²) in [6, 6.07) is 15.9. The normalized spacial score (nSPS) is 11.6. The number of hydrogen-bond acceptors (Lipinski definition) is 6. The first-order valence-electron chi connectivity index (χ1n) is 8.83. The molecular formula is C20H22N2O5S. The largest absolute Gasteiger partial charge is 0.379 e. The number of rotatable bonds is 9. The van der Waals surface area contributed by atoms with Gasteiger partial charge in [-0.15, -0.1) is 0 Å². The molecule has 7 nitrogen and oxygen atoms in total. The van der Waals surface area contributed by atoms with Crippen molar-refractivity contribution in [3.63, 3.8) is 0 Å². The van der Waals surface area contributed by atoms with Gasteiger partial charge in [0.05, 0.1) is 30.3 Å². The van der Waals surface area contributed by atoms with Crippen LogP contribution < -0.4 is 5.14 Å². The number of nitrogens with zero attached hydrogens (tertiary/aromatic N) is 1. The minimum Gasteiger partial charge on any atom is -0.379 e. The van der Waals surface area contributed by atoms with Crippen LogP contribution in [-0.2, 0) is 26.1 Å². The second-order valence-corrected chi connectivity index (χ2v) is 7.58. The first kappa shape index (κ1) is 20.2. The molecule has 0 saturated heterocycles. The number of nitrogens with two attached hydrogens (primary N) is 1. The summed E-state index contributed by atoms with van der Waals surface area (Å²) in [5.74, 6) is 0.590. The van der Waals surface area contributed by atoms with E-state index in [2.05, 4.69) is 5.16 Å². The lowest BCUT2D eigenvalue weighted by atomic mass is 10.00. The smallest absolute Gasteiger partial charge is 0.238 e. The second kappa shape index (κ2) is 9.11. The van der Waals surface area contributed by atoms with Gasteiger partial charge in [0, 0.05) is 12.2 Å². The van der Waals surface area contributed by atoms with Crippen molar-refractivity contribution in [2.24, 2.45) is 5.14 Å². The quantitative estimate of drug-likeness (QED) is 0.551. The molecular weight excluding hydrogens is 380 g/mol. The van der Waals surface area contributed by atoms with Crippen molar-refractivity contribution in [1.82, 2.24) is 5.16 Å². The Morgan fingerprint density at radius 1 is 0.964 bits per heavy atom. The molecule has 0 aliphatic heterocycles. The van der Waals surface area contributed by atoms with Crippen molar-refractivity contribution in [2.75, 3.05) is 19.8 Å². The number of aromatic nitrogens is 1. The lowest BCUT2D eigenvalue weighted by molar-refractivity contribution is 0.0434. The van der Waals surface area contributed by atoms with E-state index in [0.29, 0.717) is 31.3 Å². The Morgan fingerprint density at radius 2 is 1.64 bits per heavy atom. The first-order chi connectivity index (χ1) is 13.5. The van der Waals surface area contributed by atoms with Crippen LogP contribution in [0.1, 0.15) is 12.6 Å². The van der Waals surface area contributed by atoms with E-state index >= 15 is 0 Å². The molecule has 0 fully saturated rings. The molecule has 0 amide bonds. The maximum absolute atomic E-state index is 11.5. The van der Waals surface area contributed by atoms with E-state index in [-0.39, 0.29) is 11.5 Å². The van der Waals surface area contributed by atoms with Crippen LogP contribution >= 0.6 is 0 Å². The Kier molecular flexibility index (Phi) is 6.58. The van der Waals surface area contributed by atoms with Gasteiger partial charge in [0.2, 0.25) is 10.0 Å². The topological polar surface area (TPSA) is 105 Å². The van der Waals surface area contributed by atoms with Gasteiger partial charge in [-0.25, -0.2) is 13.6 Å². The van der Waals surface area contributed by atoms with E-state index in [0.717, 1.165) is 16.7 Å². The molecule has 28 heavy (non-hydrogen) atoms. The minimum absolute atomic E-state index is 0.0449. The number of hydrogen-bond donors (Lipinski definition) is 1. The van der Waals surface area contributed by atoms with Crippen molar-refractivity contribution in [3.05, 3.63) is 60.3 Å². The van der Waals surface area contributed by atoms with Crippen LogP contribution in [0.25, 0.3) is 22.5 Å². The average Bonchev–Trinajstić information content (AvgIpc) is 3.12. The van der Waals surface area contributed by atoms with Crippen molar-refractivity contribution in [2.45, 2.75) is 18.4 Å². The lowest BCUT2D eigenvalue weighted by Crippen LogP contribution is -2.11. The van der Waals surface area contributed by atoms with E-state index < -0.39 is 10.0 Å². The Hall–Kier alpha value is -2.52. The number of sulfonamides is 1. The van der Waals surface area contributed by atoms with Crippen molar-refractivity contribution < 1.29 is 22.4 Å². The van der Waals surface area contributed by atoms with Gasteiger partial charge in [-0.2, -0.15) is 0 Å². The molecule has 1 heterocycles. The molecule has 8 heteroatoms. The summed E-state index contributed by atoms with van der Waals surface area (Å²) in [4.78, 5) is 0.0449. The fourth-order valence-electron chi connectivity index (χ4n) is 2.75. The van der Waals surface area contributed by atoms with Gasteiger partial charge in [-0.3, -0.25) is 0 Å². The molecule has 2 N–H and O–H groups in total. The molecule has 1 aromatic heterocycles. The molecule has 0 bridgehead atoms. The van der Waals surface area contributed by atoms with Crippen LogP contribution in [0, 0.1) is 0 Å². The molecule has 0 saturated carbocycles. The van der Waals surface area contributed by atoms with E-state index in [1.165, 1.54) is 12.1 Å². The Labute approximate surface area is 164 Å². The SMILES string of the molecule is CCOCCOCc1noc(-c2ccccc2)c1-c1ccc(S(N)(=O)=O)cc1. The molecule has 0 unspecified atom stereocenters. The fraction of sp³-hybridized carbons (Fsp3) is 0.250. The third kappa shape index (κ3) is 4.85. The molecule has 148 valence electrons. The Balaban J connectivity index is 1.95. The van der Waals surface area contributed by atoms with Gasteiger partial charge in [0.15, 0.2) is 5.76 Å². The predicted octanol–water partition coefficient (Wildman–Crippen LogP) is 3.21. The lowest BCUT2D eigenvalue weighted by Gasteiger charge is -2.07. The molecule has 3 aromatic rings. The Morgan fingerprint density at radius 3 is 2.29 bits per heavy atom. The van der Waals surface area contributed by atoms with E-state index in [4.69, 9.17) is 19.1 Å². The molecule has 0 aliphatic carbocycles. The zero-order valence-corrected chi connectivity index (χ0v) is 16.3. The molecule has 0 aliphatic rings. The van der Waals surface area contributed by atoms with Crippen LogP contribution in [0.3, 0.4) is 0 Å². The monoisotopic (exact) mass is 402 g/mol. The van der Waals surface area contributed by atoms with Crippen LogP contribution in [0.4, 0.5) is 0 Å². The summed E-state index contributed by atoms with van der Waals surface area (Å²) < 4.78 is 39.6. The highest BCUT2D eigenvalue weighted by atomic mass is 32.2. The van der Waals surface area contributed by atoms with Crippen LogP contribution in [-0.4, -0.2) is 33.4 Å². The second-order valence-electron chi connectivity index (χ2n) is 6.02. The zero-order valence-electron chi connectivity index (χ0n) is 15.5. The van der Waals surface area contributed by atoms with Crippen molar-refractivity contribution in [3.8, 4) is 22.5 Å². The minimum atomic E-state index is -3.76. The van der Waals surface area contributed by atoms with Gasteiger partial charge in [0.25, 0.3) is 0 Å². The maximum Gasteiger partial charge on any atom is 0.238 e. The van der Waals surface area contributed by atoms with E-state index in [1.54, 1.807) is 12.1 Å². The summed E-state index contributed by atoms with van der Waals surface area (Å²) in [6.45, 7) is 3.74. The third-order valence-electron chi connectivity index (χ3n) is 4.09. The summed E-state index contributed by atoms with van der Waals surface area (Å²) in [5.41, 5.74) is 3.00. The summed E-state index contributed by atoms with van der Waals surface area (Å²) >= 11 is 0. The van der Waals surface area contributed by atoms with Crippen LogP contribution in [0.5, 0.6) is 0 Å². The standard InChI is InChI=1S/C20H22N2O5S/c1-2-25-12-13-26-14-18-19(15-8-10-17(11-9-15)28(21,23)24)20(27-22-18)16-6-4-3-5-7-16/h3-11H,2,12-14H2,1H3,(H2,21,23,24). The van der Waals surface area contributed by atoms with Gasteiger partial charge >= 0.3 is 0 Å². The van der Waals surface area contributed by atoms with Gasteiger partial charge < -0.3 is 14.0 Å². The number of ether oxygens (including phenoxy) is 2. The van der Waals surface area contributed by atoms with Gasteiger partial charge in [-0.1, -0.05) is 47.6 Å². The summed E-state index contributed by atoms with van der Waals surface area (Å²) in [7, 11) is -3.76. The van der Waals surface area contributed by atoms with Crippen molar-refractivity contribution >= 4 is 10.0 Å². The number of benzene rings is 2. The van der Waals surface area contributed by atoms with Gasteiger partial charge in [-0.05, 0) is 24.6 Å². The van der Waals surface area contributed by atoms with E-state index in [1.807, 2.05) is 37.3 Å². The molecule has 0 atom stereocenters. The molecule has 3 rings (SSSR count). The Bertz CT molecular complexity index is 999. The average molecular weight is 402 g/mol. The molecule has 2 aromatic carbocycles. The first-order valence-corrected chi connectivity index (χ1v) is 10.4. The highest BCUT2D eigenvalue weighted by Gasteiger charge is 2.20. The van der Waals surface area contributed by atoms with Crippen LogP contribution in [0.15, 0.2) is 64.0 Å². The summed E-state index contributed by atoms with van der Waals surface area (Å²) in [5, 5.41) is 9.37. The van der Waals surface area contributed by atoms with Gasteiger partial charge in [0.1, 0.15) is 5.69 Å². The van der Waals surface area contributed by atoms with Crippen molar-refractivity contribution in [1.29, 1.82) is 0 Å².